The number of nitrogens with zero attached hydrogens (tertiary/aromatic N) is 1. The number of anilines is 1. The summed E-state index contributed by atoms with van der Waals surface area (Å²) in [5.41, 5.74) is 6.18. The van der Waals surface area contributed by atoms with Gasteiger partial charge in [0.25, 0.3) is 5.91 Å². The molecular weight excluding hydrogens is 190 g/mol. The highest BCUT2D eigenvalue weighted by Gasteiger charge is 2.07. The molecule has 0 spiro atoms. The summed E-state index contributed by atoms with van der Waals surface area (Å²) in [4.78, 5) is 15.5. The Morgan fingerprint density at radius 1 is 1.47 bits per heavy atom. The van der Waals surface area contributed by atoms with Crippen LogP contribution in [0.1, 0.15) is 10.4 Å². The Balaban J connectivity index is 2.71. The summed E-state index contributed by atoms with van der Waals surface area (Å²) in [6.07, 6.45) is 1.62. The van der Waals surface area contributed by atoms with Gasteiger partial charge in [-0.3, -0.25) is 4.79 Å². The molecule has 0 unspecified atom stereocenters. The Bertz CT molecular complexity index is 522. The zero-order valence-corrected chi connectivity index (χ0v) is 8.32. The molecule has 0 aliphatic heterocycles. The second kappa shape index (κ2) is 3.57. The molecule has 0 fully saturated rings. The van der Waals surface area contributed by atoms with Crippen LogP contribution in [0.2, 0.25) is 0 Å². The lowest BCUT2D eigenvalue weighted by Gasteiger charge is -2.04. The maximum Gasteiger partial charge on any atom is 0.251 e. The van der Waals surface area contributed by atoms with Crippen molar-refractivity contribution in [1.29, 1.82) is 0 Å². The number of amides is 1. The smallest absolute Gasteiger partial charge is 0.251 e. The van der Waals surface area contributed by atoms with Gasteiger partial charge in [0, 0.05) is 24.2 Å². The van der Waals surface area contributed by atoms with Crippen molar-refractivity contribution in [3.05, 3.63) is 36.0 Å². The van der Waals surface area contributed by atoms with Crippen LogP contribution >= 0.6 is 0 Å². The molecule has 3 N–H and O–H groups in total. The number of nitrogens with one attached hydrogen (secondary N) is 1. The van der Waals surface area contributed by atoms with Gasteiger partial charge >= 0.3 is 0 Å². The van der Waals surface area contributed by atoms with Crippen molar-refractivity contribution in [2.75, 3.05) is 12.8 Å². The van der Waals surface area contributed by atoms with E-state index in [-0.39, 0.29) is 5.91 Å². The lowest BCUT2D eigenvalue weighted by atomic mass is 10.1. The molecule has 2 aromatic rings. The van der Waals surface area contributed by atoms with Gasteiger partial charge in [0.1, 0.15) is 5.82 Å². The monoisotopic (exact) mass is 201 g/mol. The van der Waals surface area contributed by atoms with E-state index >= 15 is 0 Å². The molecule has 0 aliphatic carbocycles. The van der Waals surface area contributed by atoms with Crippen LogP contribution in [-0.2, 0) is 0 Å². The van der Waals surface area contributed by atoms with Crippen LogP contribution in [0.4, 0.5) is 5.82 Å². The molecule has 1 aromatic carbocycles. The predicted octanol–water partition coefficient (Wildman–Crippen LogP) is 1.18. The van der Waals surface area contributed by atoms with Gasteiger partial charge in [-0.05, 0) is 17.5 Å². The van der Waals surface area contributed by atoms with Crippen LogP contribution in [0.3, 0.4) is 0 Å². The number of benzene rings is 1. The van der Waals surface area contributed by atoms with Gasteiger partial charge in [-0.2, -0.15) is 0 Å². The van der Waals surface area contributed by atoms with Crippen LogP contribution in [0, 0.1) is 0 Å². The minimum absolute atomic E-state index is 0.118. The molecule has 0 aliphatic rings. The summed E-state index contributed by atoms with van der Waals surface area (Å²) in [7, 11) is 1.60. The molecule has 0 saturated heterocycles. The quantitative estimate of drug-likeness (QED) is 0.727. The second-order valence-electron chi connectivity index (χ2n) is 3.22. The Morgan fingerprint density at radius 3 is 3.00 bits per heavy atom. The number of fused-ring (bicyclic) bond motifs is 1. The fraction of sp³-hybridized carbons (Fsp3) is 0.0909. The highest BCUT2D eigenvalue weighted by atomic mass is 16.1. The van der Waals surface area contributed by atoms with Crippen molar-refractivity contribution < 1.29 is 4.79 Å². The average Bonchev–Trinajstić information content (AvgIpc) is 2.26. The first-order chi connectivity index (χ1) is 7.22. The number of hydrogen-bond acceptors (Lipinski definition) is 3. The molecule has 1 heterocycles. The van der Waals surface area contributed by atoms with Gasteiger partial charge in [0.15, 0.2) is 0 Å². The van der Waals surface area contributed by atoms with E-state index in [0.29, 0.717) is 11.4 Å². The standard InChI is InChI=1S/C11H11N3O/c1-13-11(15)8-4-2-3-7-5-10(12)14-6-9(7)8/h2-6H,1H3,(H2,12,14)(H,13,15). The van der Waals surface area contributed by atoms with E-state index in [0.717, 1.165) is 10.8 Å². The van der Waals surface area contributed by atoms with Crippen molar-refractivity contribution in [2.45, 2.75) is 0 Å². The van der Waals surface area contributed by atoms with Crippen LogP contribution in [0.5, 0.6) is 0 Å². The molecular formula is C11H11N3O. The predicted molar refractivity (Wildman–Crippen MR) is 59.5 cm³/mol. The fourth-order valence-electron chi connectivity index (χ4n) is 1.52. The maximum absolute atomic E-state index is 11.5. The van der Waals surface area contributed by atoms with Gasteiger partial charge < -0.3 is 11.1 Å². The fourth-order valence-corrected chi connectivity index (χ4v) is 1.52. The summed E-state index contributed by atoms with van der Waals surface area (Å²) < 4.78 is 0. The first-order valence-electron chi connectivity index (χ1n) is 4.58. The summed E-state index contributed by atoms with van der Waals surface area (Å²) >= 11 is 0. The Hall–Kier alpha value is -2.10. The highest BCUT2D eigenvalue weighted by Crippen LogP contribution is 2.19. The van der Waals surface area contributed by atoms with Crippen molar-refractivity contribution in [1.82, 2.24) is 10.3 Å². The lowest BCUT2D eigenvalue weighted by Crippen LogP contribution is -2.18. The van der Waals surface area contributed by atoms with Crippen LogP contribution < -0.4 is 11.1 Å². The van der Waals surface area contributed by atoms with Crippen LogP contribution in [0.25, 0.3) is 10.8 Å². The highest BCUT2D eigenvalue weighted by molar-refractivity contribution is 6.06. The van der Waals surface area contributed by atoms with Crippen molar-refractivity contribution in [3.63, 3.8) is 0 Å². The van der Waals surface area contributed by atoms with Crippen molar-refractivity contribution in [2.24, 2.45) is 0 Å². The van der Waals surface area contributed by atoms with E-state index in [1.54, 1.807) is 25.4 Å². The van der Waals surface area contributed by atoms with Gasteiger partial charge in [0.2, 0.25) is 0 Å². The van der Waals surface area contributed by atoms with Gasteiger partial charge in [-0.25, -0.2) is 4.98 Å². The Kier molecular flexibility index (Phi) is 2.25. The summed E-state index contributed by atoms with van der Waals surface area (Å²) in [6, 6.07) is 7.24. The third-order valence-corrected chi connectivity index (χ3v) is 2.26. The van der Waals surface area contributed by atoms with Gasteiger partial charge in [0.05, 0.1) is 0 Å². The topological polar surface area (TPSA) is 68.0 Å². The summed E-state index contributed by atoms with van der Waals surface area (Å²) in [5.74, 6) is 0.337. The number of nitrogens with two attached hydrogens (primary N) is 1. The molecule has 1 amide bonds. The molecule has 15 heavy (non-hydrogen) atoms. The normalized spacial score (nSPS) is 10.2. The van der Waals surface area contributed by atoms with Crippen LogP contribution in [-0.4, -0.2) is 17.9 Å². The van der Waals surface area contributed by atoms with Gasteiger partial charge in [-0.15, -0.1) is 0 Å². The Labute approximate surface area is 87.1 Å². The SMILES string of the molecule is CNC(=O)c1cccc2cc(N)ncc12. The first-order valence-corrected chi connectivity index (χ1v) is 4.58. The van der Waals surface area contributed by atoms with Crippen LogP contribution in [0.15, 0.2) is 30.5 Å². The van der Waals surface area contributed by atoms with Crippen molar-refractivity contribution in [3.8, 4) is 0 Å². The van der Waals surface area contributed by atoms with E-state index in [1.165, 1.54) is 0 Å². The lowest BCUT2D eigenvalue weighted by molar-refractivity contribution is 0.0964. The second-order valence-corrected chi connectivity index (χ2v) is 3.22. The zero-order chi connectivity index (χ0) is 10.8. The average molecular weight is 201 g/mol. The number of pyridine rings is 1. The molecule has 76 valence electrons. The van der Waals surface area contributed by atoms with E-state index in [1.807, 2.05) is 12.1 Å². The third kappa shape index (κ3) is 1.61. The maximum atomic E-state index is 11.5. The molecule has 0 saturated carbocycles. The van der Waals surface area contributed by atoms with E-state index in [2.05, 4.69) is 10.3 Å². The molecule has 4 nitrogen and oxygen atoms in total. The molecule has 2 rings (SSSR count). The summed E-state index contributed by atoms with van der Waals surface area (Å²) in [5, 5.41) is 4.32. The number of aromatic nitrogens is 1. The van der Waals surface area contributed by atoms with E-state index in [4.69, 9.17) is 5.73 Å². The molecule has 4 heteroatoms. The molecule has 0 radical (unpaired) electrons. The van der Waals surface area contributed by atoms with E-state index in [9.17, 15) is 4.79 Å². The van der Waals surface area contributed by atoms with E-state index < -0.39 is 0 Å². The minimum atomic E-state index is -0.118. The number of carbonyl (C=O) groups excluding carboxylic acids is 1. The minimum Gasteiger partial charge on any atom is -0.384 e. The molecule has 0 bridgehead atoms. The zero-order valence-electron chi connectivity index (χ0n) is 8.32. The summed E-state index contributed by atoms with van der Waals surface area (Å²) in [6.45, 7) is 0. The number of rotatable bonds is 1. The first kappa shape index (κ1) is 9.45. The van der Waals surface area contributed by atoms with Crippen molar-refractivity contribution >= 4 is 22.5 Å². The Morgan fingerprint density at radius 2 is 2.27 bits per heavy atom. The number of carbonyl (C=O) groups is 1. The molecule has 1 aromatic heterocycles. The van der Waals surface area contributed by atoms with Gasteiger partial charge in [-0.1, -0.05) is 12.1 Å². The largest absolute Gasteiger partial charge is 0.384 e. The number of nitrogen functional groups attached to an aromatic ring is 1. The third-order valence-electron chi connectivity index (χ3n) is 2.26. The number of hydrogen-bond donors (Lipinski definition) is 2. The molecule has 0 atom stereocenters.